The highest BCUT2D eigenvalue weighted by Gasteiger charge is 2.20. The largest absolute Gasteiger partial charge is 0.478 e. The zero-order valence-corrected chi connectivity index (χ0v) is 13.0. The van der Waals surface area contributed by atoms with Gasteiger partial charge in [-0.3, -0.25) is 5.43 Å². The maximum absolute atomic E-state index is 11.4. The second kappa shape index (κ2) is 7.13. The van der Waals surface area contributed by atoms with E-state index in [0.717, 1.165) is 0 Å². The number of carbonyl (C=O) groups is 2. The van der Waals surface area contributed by atoms with Gasteiger partial charge in [-0.1, -0.05) is 41.4 Å². The van der Waals surface area contributed by atoms with E-state index in [2.05, 4.69) is 10.5 Å². The molecule has 3 N–H and O–H groups in total. The van der Waals surface area contributed by atoms with Crippen LogP contribution < -0.4 is 5.43 Å². The lowest BCUT2D eigenvalue weighted by Gasteiger charge is -2.08. The molecule has 0 aliphatic rings. The predicted molar refractivity (Wildman–Crippen MR) is 87.7 cm³/mol. The molecule has 2 rings (SSSR count). The van der Waals surface area contributed by atoms with Crippen molar-refractivity contribution in [1.29, 1.82) is 0 Å². The van der Waals surface area contributed by atoms with Crippen molar-refractivity contribution >= 4 is 46.5 Å². The standard InChI is InChI=1S/C15H10Cl2N2O4/c16-8-5-6-12(11(17)7-8)18-19-13(15(22)23)9-3-1-2-4-10(9)14(20)21/h1-7,18H,(H,20,21)(H,22,23)/b19-13-. The Morgan fingerprint density at radius 3 is 2.22 bits per heavy atom. The summed E-state index contributed by atoms with van der Waals surface area (Å²) in [5.41, 5.74) is 2.20. The molecule has 23 heavy (non-hydrogen) atoms. The van der Waals surface area contributed by atoms with Gasteiger partial charge in [0.2, 0.25) is 0 Å². The van der Waals surface area contributed by atoms with Crippen LogP contribution in [-0.2, 0) is 4.79 Å². The summed E-state index contributed by atoms with van der Waals surface area (Å²) in [6.07, 6.45) is 0. The maximum Gasteiger partial charge on any atom is 0.356 e. The molecule has 0 unspecified atom stereocenters. The first-order valence-corrected chi connectivity index (χ1v) is 7.00. The van der Waals surface area contributed by atoms with Gasteiger partial charge in [0.15, 0.2) is 5.71 Å². The zero-order valence-electron chi connectivity index (χ0n) is 11.5. The Morgan fingerprint density at radius 1 is 1.00 bits per heavy atom. The van der Waals surface area contributed by atoms with Crippen molar-refractivity contribution < 1.29 is 19.8 Å². The van der Waals surface area contributed by atoms with Crippen LogP contribution in [0.5, 0.6) is 0 Å². The summed E-state index contributed by atoms with van der Waals surface area (Å²) >= 11 is 11.7. The van der Waals surface area contributed by atoms with E-state index in [1.165, 1.54) is 36.4 Å². The Morgan fingerprint density at radius 2 is 1.65 bits per heavy atom. The van der Waals surface area contributed by atoms with Crippen molar-refractivity contribution in [2.75, 3.05) is 5.43 Å². The molecule has 0 aromatic heterocycles. The Hall–Kier alpha value is -2.57. The molecule has 118 valence electrons. The minimum Gasteiger partial charge on any atom is -0.478 e. The molecule has 0 saturated heterocycles. The number of rotatable bonds is 5. The van der Waals surface area contributed by atoms with E-state index in [0.29, 0.717) is 10.7 Å². The monoisotopic (exact) mass is 352 g/mol. The highest BCUT2D eigenvalue weighted by molar-refractivity contribution is 6.44. The van der Waals surface area contributed by atoms with E-state index in [9.17, 15) is 14.7 Å². The first kappa shape index (κ1) is 16.8. The second-order valence-electron chi connectivity index (χ2n) is 4.35. The summed E-state index contributed by atoms with van der Waals surface area (Å²) in [5.74, 6) is -2.63. The Labute approximate surface area is 141 Å². The van der Waals surface area contributed by atoms with Crippen molar-refractivity contribution in [3.63, 3.8) is 0 Å². The van der Waals surface area contributed by atoms with E-state index in [1.54, 1.807) is 6.07 Å². The van der Waals surface area contributed by atoms with Gasteiger partial charge in [0.1, 0.15) is 0 Å². The van der Waals surface area contributed by atoms with Gasteiger partial charge in [-0.15, -0.1) is 0 Å². The third-order valence-corrected chi connectivity index (χ3v) is 3.38. The van der Waals surface area contributed by atoms with E-state index < -0.39 is 17.7 Å². The Balaban J connectivity index is 2.43. The number of hydrogen-bond donors (Lipinski definition) is 3. The number of carboxylic acid groups (broad SMARTS) is 2. The summed E-state index contributed by atoms with van der Waals surface area (Å²) in [7, 11) is 0. The van der Waals surface area contributed by atoms with Crippen LogP contribution in [0.3, 0.4) is 0 Å². The number of carboxylic acids is 2. The average Bonchev–Trinajstić information content (AvgIpc) is 2.49. The van der Waals surface area contributed by atoms with Crippen LogP contribution in [0.1, 0.15) is 15.9 Å². The number of aromatic carboxylic acids is 1. The first-order chi connectivity index (χ1) is 10.9. The fourth-order valence-corrected chi connectivity index (χ4v) is 2.25. The molecule has 0 aliphatic heterocycles. The van der Waals surface area contributed by atoms with Crippen molar-refractivity contribution in [3.05, 3.63) is 63.6 Å². The molecule has 0 fully saturated rings. The third-order valence-electron chi connectivity index (χ3n) is 2.83. The number of nitrogens with one attached hydrogen (secondary N) is 1. The van der Waals surface area contributed by atoms with Gasteiger partial charge in [-0.05, 0) is 24.3 Å². The number of anilines is 1. The van der Waals surface area contributed by atoms with Gasteiger partial charge in [0, 0.05) is 10.6 Å². The SMILES string of the molecule is O=C(O)/C(=N\Nc1ccc(Cl)cc1Cl)c1ccccc1C(=O)O. The van der Waals surface area contributed by atoms with Crippen molar-refractivity contribution in [3.8, 4) is 0 Å². The van der Waals surface area contributed by atoms with Gasteiger partial charge >= 0.3 is 11.9 Å². The van der Waals surface area contributed by atoms with E-state index in [-0.39, 0.29) is 16.1 Å². The molecule has 0 atom stereocenters. The summed E-state index contributed by atoms with van der Waals surface area (Å²) in [4.78, 5) is 22.6. The lowest BCUT2D eigenvalue weighted by Crippen LogP contribution is -2.19. The van der Waals surface area contributed by atoms with Crippen molar-refractivity contribution in [2.24, 2.45) is 5.10 Å². The van der Waals surface area contributed by atoms with Crippen LogP contribution in [0.15, 0.2) is 47.6 Å². The first-order valence-electron chi connectivity index (χ1n) is 6.25. The summed E-state index contributed by atoms with van der Waals surface area (Å²) in [6, 6.07) is 10.2. The summed E-state index contributed by atoms with van der Waals surface area (Å²) < 4.78 is 0. The van der Waals surface area contributed by atoms with Gasteiger partial charge in [0.05, 0.1) is 16.3 Å². The molecule has 0 bridgehead atoms. The Bertz CT molecular complexity index is 806. The smallest absolute Gasteiger partial charge is 0.356 e. The third kappa shape index (κ3) is 4.00. The molecule has 0 amide bonds. The molecule has 0 heterocycles. The minimum absolute atomic E-state index is 0.0231. The highest BCUT2D eigenvalue weighted by Crippen LogP contribution is 2.25. The number of nitrogens with zero attached hydrogens (tertiary/aromatic N) is 1. The van der Waals surface area contributed by atoms with E-state index in [1.807, 2.05) is 0 Å². The van der Waals surface area contributed by atoms with Crippen LogP contribution in [0.4, 0.5) is 5.69 Å². The van der Waals surface area contributed by atoms with Crippen LogP contribution >= 0.6 is 23.2 Å². The van der Waals surface area contributed by atoms with Crippen molar-refractivity contribution in [1.82, 2.24) is 0 Å². The van der Waals surface area contributed by atoms with E-state index in [4.69, 9.17) is 28.3 Å². The molecule has 8 heteroatoms. The summed E-state index contributed by atoms with van der Waals surface area (Å²) in [5, 5.41) is 22.9. The summed E-state index contributed by atoms with van der Waals surface area (Å²) in [6.45, 7) is 0. The van der Waals surface area contributed by atoms with Gasteiger partial charge < -0.3 is 10.2 Å². The molecule has 0 aliphatic carbocycles. The normalized spacial score (nSPS) is 11.1. The van der Waals surface area contributed by atoms with Gasteiger partial charge in [0.25, 0.3) is 0 Å². The number of hydrogen-bond acceptors (Lipinski definition) is 4. The van der Waals surface area contributed by atoms with Crippen LogP contribution in [0, 0.1) is 0 Å². The quantitative estimate of drug-likeness (QED) is 0.564. The fraction of sp³-hybridized carbons (Fsp3) is 0. The number of aliphatic carboxylic acids is 1. The molecular weight excluding hydrogens is 343 g/mol. The number of benzene rings is 2. The Kier molecular flexibility index (Phi) is 5.20. The molecule has 2 aromatic carbocycles. The fourth-order valence-electron chi connectivity index (χ4n) is 1.80. The molecule has 6 nitrogen and oxygen atoms in total. The number of halogens is 2. The maximum atomic E-state index is 11.4. The van der Waals surface area contributed by atoms with E-state index >= 15 is 0 Å². The lowest BCUT2D eigenvalue weighted by atomic mass is 10.0. The molecular formula is C15H10Cl2N2O4. The average molecular weight is 353 g/mol. The molecule has 0 radical (unpaired) electrons. The van der Waals surface area contributed by atoms with Gasteiger partial charge in [-0.2, -0.15) is 5.10 Å². The van der Waals surface area contributed by atoms with Crippen molar-refractivity contribution in [2.45, 2.75) is 0 Å². The van der Waals surface area contributed by atoms with Crippen LogP contribution in [0.25, 0.3) is 0 Å². The van der Waals surface area contributed by atoms with Crippen LogP contribution in [0.2, 0.25) is 10.0 Å². The number of hydrazone groups is 1. The van der Waals surface area contributed by atoms with Crippen LogP contribution in [-0.4, -0.2) is 27.9 Å². The van der Waals surface area contributed by atoms with Gasteiger partial charge in [-0.25, -0.2) is 9.59 Å². The lowest BCUT2D eigenvalue weighted by molar-refractivity contribution is -0.129. The predicted octanol–water partition coefficient (Wildman–Crippen LogP) is 3.59. The minimum atomic E-state index is -1.38. The molecule has 0 saturated carbocycles. The zero-order chi connectivity index (χ0) is 17.0. The second-order valence-corrected chi connectivity index (χ2v) is 5.20. The topological polar surface area (TPSA) is 99.0 Å². The highest BCUT2D eigenvalue weighted by atomic mass is 35.5. The molecule has 2 aromatic rings. The molecule has 0 spiro atoms.